The predicted octanol–water partition coefficient (Wildman–Crippen LogP) is 2.77. The van der Waals surface area contributed by atoms with Gasteiger partial charge in [-0.25, -0.2) is 8.78 Å². The molecule has 4 heteroatoms. The summed E-state index contributed by atoms with van der Waals surface area (Å²) < 4.78 is 24.1. The summed E-state index contributed by atoms with van der Waals surface area (Å²) in [6.07, 6.45) is -2.52. The van der Waals surface area contributed by atoms with E-state index in [-0.39, 0.29) is 17.2 Å². The van der Waals surface area contributed by atoms with Crippen LogP contribution in [0.1, 0.15) is 17.6 Å². The monoisotopic (exact) mass is 192 g/mol. The Kier molecular flexibility index (Phi) is 3.00. The molecule has 0 unspecified atom stereocenters. The van der Waals surface area contributed by atoms with Crippen LogP contribution in [0.5, 0.6) is 0 Å². The molecule has 0 fully saturated rings. The Bertz CT molecular complexity index is 276. The van der Waals surface area contributed by atoms with Gasteiger partial charge in [0.15, 0.2) is 0 Å². The van der Waals surface area contributed by atoms with Crippen molar-refractivity contribution in [2.75, 3.05) is 0 Å². The van der Waals surface area contributed by atoms with E-state index in [1.54, 1.807) is 0 Å². The zero-order valence-corrected chi connectivity index (χ0v) is 6.85. The largest absolute Gasteiger partial charge is 0.392 e. The fourth-order valence-corrected chi connectivity index (χ4v) is 1.08. The molecule has 1 N–H and O–H groups in total. The summed E-state index contributed by atoms with van der Waals surface area (Å²) in [5.41, 5.74) is 0.332. The van der Waals surface area contributed by atoms with E-state index < -0.39 is 6.43 Å². The molecule has 0 aliphatic heterocycles. The highest BCUT2D eigenvalue weighted by atomic mass is 35.5. The fraction of sp³-hybridized carbons (Fsp3) is 0.250. The molecule has 0 spiro atoms. The van der Waals surface area contributed by atoms with Gasteiger partial charge in [0.2, 0.25) is 0 Å². The van der Waals surface area contributed by atoms with Crippen molar-refractivity contribution < 1.29 is 13.9 Å². The molecule has 0 aliphatic carbocycles. The van der Waals surface area contributed by atoms with Crippen molar-refractivity contribution in [3.63, 3.8) is 0 Å². The Hall–Kier alpha value is -0.670. The normalized spacial score (nSPS) is 10.8. The number of rotatable bonds is 2. The van der Waals surface area contributed by atoms with Crippen LogP contribution in [0.3, 0.4) is 0 Å². The molecule has 0 aromatic heterocycles. The van der Waals surface area contributed by atoms with E-state index >= 15 is 0 Å². The molecule has 1 rings (SSSR count). The highest BCUT2D eigenvalue weighted by Gasteiger charge is 2.08. The zero-order chi connectivity index (χ0) is 9.14. The van der Waals surface area contributed by atoms with Crippen LogP contribution in [-0.2, 0) is 6.61 Å². The highest BCUT2D eigenvalue weighted by Crippen LogP contribution is 2.24. The minimum atomic E-state index is -2.52. The van der Waals surface area contributed by atoms with Gasteiger partial charge in [-0.05, 0) is 11.6 Å². The number of aliphatic hydroxyl groups is 1. The zero-order valence-electron chi connectivity index (χ0n) is 6.10. The van der Waals surface area contributed by atoms with Crippen LogP contribution >= 0.6 is 11.6 Å². The number of hydrogen-bond donors (Lipinski definition) is 1. The maximum Gasteiger partial charge on any atom is 0.263 e. The molecule has 0 saturated heterocycles. The smallest absolute Gasteiger partial charge is 0.263 e. The number of alkyl halides is 2. The fourth-order valence-electron chi connectivity index (χ4n) is 0.828. The molecule has 12 heavy (non-hydrogen) atoms. The van der Waals surface area contributed by atoms with Gasteiger partial charge in [-0.15, -0.1) is 0 Å². The summed E-state index contributed by atoms with van der Waals surface area (Å²) in [5, 5.41) is 8.85. The predicted molar refractivity (Wildman–Crippen MR) is 42.3 cm³/mol. The molecule has 1 aromatic rings. The van der Waals surface area contributed by atoms with Gasteiger partial charge in [-0.2, -0.15) is 0 Å². The van der Waals surface area contributed by atoms with Crippen molar-refractivity contribution in [1.82, 2.24) is 0 Å². The number of aliphatic hydroxyl groups excluding tert-OH is 1. The highest BCUT2D eigenvalue weighted by molar-refractivity contribution is 6.31. The second-order valence-corrected chi connectivity index (χ2v) is 2.72. The molecule has 0 amide bonds. The summed E-state index contributed by atoms with van der Waals surface area (Å²) in [6.45, 7) is -0.234. The third-order valence-corrected chi connectivity index (χ3v) is 1.85. The van der Waals surface area contributed by atoms with E-state index in [2.05, 4.69) is 0 Å². The standard InChI is InChI=1S/C8H7ClF2O/c9-7-3-5(8(10)11)1-2-6(7)4-12/h1-3,8,12H,4H2. The van der Waals surface area contributed by atoms with Crippen LogP contribution in [0.15, 0.2) is 18.2 Å². The van der Waals surface area contributed by atoms with Crippen molar-refractivity contribution in [2.45, 2.75) is 13.0 Å². The molecule has 0 radical (unpaired) electrons. The Labute approximate surface area is 73.6 Å². The van der Waals surface area contributed by atoms with Crippen LogP contribution in [0.2, 0.25) is 5.02 Å². The second-order valence-electron chi connectivity index (χ2n) is 2.31. The average molecular weight is 193 g/mol. The third kappa shape index (κ3) is 1.93. The molecule has 0 saturated carbocycles. The van der Waals surface area contributed by atoms with Crippen LogP contribution < -0.4 is 0 Å². The van der Waals surface area contributed by atoms with Gasteiger partial charge in [-0.3, -0.25) is 0 Å². The van der Waals surface area contributed by atoms with Crippen LogP contribution in [0.4, 0.5) is 8.78 Å². The third-order valence-electron chi connectivity index (χ3n) is 1.50. The minimum absolute atomic E-state index is 0.128. The maximum atomic E-state index is 12.1. The first-order chi connectivity index (χ1) is 5.65. The summed E-state index contributed by atoms with van der Waals surface area (Å²) in [4.78, 5) is 0. The Balaban J connectivity index is 3.02. The molecule has 66 valence electrons. The van der Waals surface area contributed by atoms with E-state index in [4.69, 9.17) is 16.7 Å². The van der Waals surface area contributed by atoms with E-state index in [0.717, 1.165) is 6.07 Å². The van der Waals surface area contributed by atoms with Crippen LogP contribution in [0.25, 0.3) is 0 Å². The van der Waals surface area contributed by atoms with Crippen molar-refractivity contribution in [1.29, 1.82) is 0 Å². The number of benzene rings is 1. The van der Waals surface area contributed by atoms with Crippen molar-refractivity contribution in [2.24, 2.45) is 0 Å². The summed E-state index contributed by atoms with van der Waals surface area (Å²) in [7, 11) is 0. The lowest BCUT2D eigenvalue weighted by atomic mass is 10.1. The van der Waals surface area contributed by atoms with Crippen molar-refractivity contribution >= 4 is 11.6 Å². The Morgan fingerprint density at radius 1 is 1.42 bits per heavy atom. The van der Waals surface area contributed by atoms with Gasteiger partial charge < -0.3 is 5.11 Å². The maximum absolute atomic E-state index is 12.1. The first-order valence-corrected chi connectivity index (χ1v) is 3.70. The summed E-state index contributed by atoms with van der Waals surface area (Å²) >= 11 is 5.58. The molecular weight excluding hydrogens is 186 g/mol. The SMILES string of the molecule is OCc1ccc(C(F)F)cc1Cl. The van der Waals surface area contributed by atoms with E-state index in [1.807, 2.05) is 0 Å². The Morgan fingerprint density at radius 3 is 2.50 bits per heavy atom. The lowest BCUT2D eigenvalue weighted by molar-refractivity contribution is 0.151. The lowest BCUT2D eigenvalue weighted by Gasteiger charge is -2.03. The van der Waals surface area contributed by atoms with E-state index in [9.17, 15) is 8.78 Å². The van der Waals surface area contributed by atoms with E-state index in [0.29, 0.717) is 5.56 Å². The first-order valence-electron chi connectivity index (χ1n) is 3.32. The van der Waals surface area contributed by atoms with Gasteiger partial charge in [0.1, 0.15) is 0 Å². The van der Waals surface area contributed by atoms with E-state index in [1.165, 1.54) is 12.1 Å². The molecule has 0 atom stereocenters. The van der Waals surface area contributed by atoms with Gasteiger partial charge in [-0.1, -0.05) is 23.7 Å². The lowest BCUT2D eigenvalue weighted by Crippen LogP contribution is -1.88. The summed E-state index contributed by atoms with van der Waals surface area (Å²) in [6, 6.07) is 3.81. The minimum Gasteiger partial charge on any atom is -0.392 e. The van der Waals surface area contributed by atoms with Gasteiger partial charge in [0, 0.05) is 10.6 Å². The van der Waals surface area contributed by atoms with Crippen LogP contribution in [0, 0.1) is 0 Å². The average Bonchev–Trinajstić information content (AvgIpc) is 2.04. The second kappa shape index (κ2) is 3.83. The van der Waals surface area contributed by atoms with Gasteiger partial charge in [0.05, 0.1) is 6.61 Å². The quantitative estimate of drug-likeness (QED) is 0.764. The molecule has 0 heterocycles. The topological polar surface area (TPSA) is 20.2 Å². The molecule has 0 bridgehead atoms. The molecular formula is C8H7ClF2O. The van der Waals surface area contributed by atoms with Crippen molar-refractivity contribution in [3.05, 3.63) is 34.3 Å². The van der Waals surface area contributed by atoms with Crippen molar-refractivity contribution in [3.8, 4) is 0 Å². The van der Waals surface area contributed by atoms with Gasteiger partial charge in [0.25, 0.3) is 6.43 Å². The number of halogens is 3. The molecule has 1 aromatic carbocycles. The van der Waals surface area contributed by atoms with Gasteiger partial charge >= 0.3 is 0 Å². The Morgan fingerprint density at radius 2 is 2.08 bits per heavy atom. The summed E-state index contributed by atoms with van der Waals surface area (Å²) in [5.74, 6) is 0. The number of hydrogen-bond acceptors (Lipinski definition) is 1. The van der Waals surface area contributed by atoms with Crippen LogP contribution in [-0.4, -0.2) is 5.11 Å². The molecule has 1 nitrogen and oxygen atoms in total. The molecule has 0 aliphatic rings. The first kappa shape index (κ1) is 9.42.